The molecule has 4 rings (SSSR count). The largest absolute Gasteiger partial charge is 0.348 e. The maximum Gasteiger partial charge on any atom is 0.0931 e. The van der Waals surface area contributed by atoms with E-state index in [2.05, 4.69) is 38.8 Å². The number of H-pyrrole nitrogens is 1. The Morgan fingerprint density at radius 1 is 1.46 bits per heavy atom. The second-order valence-electron chi connectivity index (χ2n) is 5.89. The number of hydrogen-bond acceptors (Lipinski definition) is 4. The van der Waals surface area contributed by atoms with Gasteiger partial charge >= 0.3 is 0 Å². The lowest BCUT2D eigenvalue weighted by Gasteiger charge is -2.34. The predicted molar refractivity (Wildman–Crippen MR) is 96.3 cm³/mol. The van der Waals surface area contributed by atoms with Crippen LogP contribution in [-0.4, -0.2) is 31.2 Å². The Kier molecular flexibility index (Phi) is 4.26. The molecular formula is C17H18ClN5S. The molecule has 1 N–H and O–H groups in total. The van der Waals surface area contributed by atoms with E-state index in [0.717, 1.165) is 36.1 Å². The molecule has 0 saturated heterocycles. The SMILES string of the molecule is C=CCn1cc(CN2CCc3[nH]cnc3[C@H]2c2ccc(Cl)s2)cn1. The zero-order chi connectivity index (χ0) is 16.5. The Morgan fingerprint density at radius 3 is 3.17 bits per heavy atom. The number of allylic oxidation sites excluding steroid dienone is 1. The van der Waals surface area contributed by atoms with Gasteiger partial charge in [0.15, 0.2) is 0 Å². The Bertz CT molecular complexity index is 849. The average Bonchev–Trinajstić information content (AvgIpc) is 3.29. The van der Waals surface area contributed by atoms with Gasteiger partial charge in [0.05, 0.1) is 35.1 Å². The van der Waals surface area contributed by atoms with Gasteiger partial charge in [-0.2, -0.15) is 5.10 Å². The van der Waals surface area contributed by atoms with Gasteiger partial charge in [-0.15, -0.1) is 17.9 Å². The fourth-order valence-corrected chi connectivity index (χ4v) is 4.44. The van der Waals surface area contributed by atoms with Crippen molar-refractivity contribution in [3.05, 3.63) is 69.7 Å². The zero-order valence-corrected chi connectivity index (χ0v) is 14.7. The highest BCUT2D eigenvalue weighted by Gasteiger charge is 2.32. The van der Waals surface area contributed by atoms with Crippen LogP contribution in [0.15, 0.2) is 43.5 Å². The van der Waals surface area contributed by atoms with Crippen LogP contribution >= 0.6 is 22.9 Å². The van der Waals surface area contributed by atoms with Gasteiger partial charge in [-0.05, 0) is 12.1 Å². The molecular weight excluding hydrogens is 342 g/mol. The van der Waals surface area contributed by atoms with Crippen molar-refractivity contribution < 1.29 is 0 Å². The Hall–Kier alpha value is -1.89. The summed E-state index contributed by atoms with van der Waals surface area (Å²) in [5.74, 6) is 0. The van der Waals surface area contributed by atoms with Gasteiger partial charge in [0, 0.05) is 41.8 Å². The summed E-state index contributed by atoms with van der Waals surface area (Å²) in [6.45, 7) is 6.30. The van der Waals surface area contributed by atoms with Gasteiger partial charge in [0.1, 0.15) is 0 Å². The van der Waals surface area contributed by atoms with Crippen molar-refractivity contribution in [1.29, 1.82) is 0 Å². The molecule has 0 radical (unpaired) electrons. The van der Waals surface area contributed by atoms with Crippen LogP contribution in [0.5, 0.6) is 0 Å². The van der Waals surface area contributed by atoms with E-state index >= 15 is 0 Å². The smallest absolute Gasteiger partial charge is 0.0931 e. The molecule has 1 atom stereocenters. The fraction of sp³-hybridized carbons (Fsp3) is 0.294. The highest BCUT2D eigenvalue weighted by atomic mass is 35.5. The third-order valence-corrected chi connectivity index (χ3v) is 5.56. The van der Waals surface area contributed by atoms with E-state index < -0.39 is 0 Å². The summed E-state index contributed by atoms with van der Waals surface area (Å²) in [5, 5.41) is 4.39. The van der Waals surface area contributed by atoms with Crippen molar-refractivity contribution in [1.82, 2.24) is 24.6 Å². The van der Waals surface area contributed by atoms with E-state index in [4.69, 9.17) is 11.6 Å². The number of imidazole rings is 1. The van der Waals surface area contributed by atoms with Crippen molar-refractivity contribution in [2.24, 2.45) is 0 Å². The number of thiophene rings is 1. The molecule has 0 aliphatic carbocycles. The van der Waals surface area contributed by atoms with Crippen LogP contribution in [0, 0.1) is 0 Å². The summed E-state index contributed by atoms with van der Waals surface area (Å²) in [6.07, 6.45) is 8.64. The number of aromatic amines is 1. The summed E-state index contributed by atoms with van der Waals surface area (Å²) in [4.78, 5) is 11.5. The second-order valence-corrected chi connectivity index (χ2v) is 7.64. The molecule has 0 aromatic carbocycles. The summed E-state index contributed by atoms with van der Waals surface area (Å²) < 4.78 is 2.72. The molecule has 0 bridgehead atoms. The van der Waals surface area contributed by atoms with E-state index in [1.807, 2.05) is 23.0 Å². The quantitative estimate of drug-likeness (QED) is 0.707. The molecule has 0 saturated carbocycles. The van der Waals surface area contributed by atoms with Gasteiger partial charge in [0.25, 0.3) is 0 Å². The normalized spacial score (nSPS) is 17.8. The van der Waals surface area contributed by atoms with Crippen LogP contribution in [0.4, 0.5) is 0 Å². The lowest BCUT2D eigenvalue weighted by Crippen LogP contribution is -2.35. The van der Waals surface area contributed by atoms with Crippen LogP contribution in [0.1, 0.15) is 27.9 Å². The van der Waals surface area contributed by atoms with Gasteiger partial charge in [-0.3, -0.25) is 9.58 Å². The minimum Gasteiger partial charge on any atom is -0.348 e. The van der Waals surface area contributed by atoms with E-state index in [1.165, 1.54) is 16.1 Å². The molecule has 4 heterocycles. The number of hydrogen-bond donors (Lipinski definition) is 1. The third-order valence-electron chi connectivity index (χ3n) is 4.28. The lowest BCUT2D eigenvalue weighted by atomic mass is 10.0. The monoisotopic (exact) mass is 359 g/mol. The number of halogens is 1. The topological polar surface area (TPSA) is 49.7 Å². The molecule has 0 fully saturated rings. The van der Waals surface area contributed by atoms with E-state index in [-0.39, 0.29) is 6.04 Å². The molecule has 0 spiro atoms. The maximum atomic E-state index is 6.18. The molecule has 1 aliphatic heterocycles. The maximum absolute atomic E-state index is 6.18. The summed E-state index contributed by atoms with van der Waals surface area (Å²) in [7, 11) is 0. The Labute approximate surface area is 149 Å². The van der Waals surface area contributed by atoms with E-state index in [1.54, 1.807) is 17.7 Å². The van der Waals surface area contributed by atoms with Crippen LogP contribution in [0.2, 0.25) is 4.34 Å². The molecule has 7 heteroatoms. The Morgan fingerprint density at radius 2 is 2.38 bits per heavy atom. The van der Waals surface area contributed by atoms with Crippen LogP contribution in [-0.2, 0) is 19.5 Å². The summed E-state index contributed by atoms with van der Waals surface area (Å²) in [5.41, 5.74) is 3.53. The number of fused-ring (bicyclic) bond motifs is 1. The van der Waals surface area contributed by atoms with Crippen LogP contribution in [0.3, 0.4) is 0 Å². The van der Waals surface area contributed by atoms with E-state index in [9.17, 15) is 0 Å². The minimum atomic E-state index is 0.139. The fourth-order valence-electron chi connectivity index (χ4n) is 3.24. The van der Waals surface area contributed by atoms with Crippen molar-refractivity contribution in [3.63, 3.8) is 0 Å². The second kappa shape index (κ2) is 6.55. The minimum absolute atomic E-state index is 0.139. The molecule has 0 unspecified atom stereocenters. The van der Waals surface area contributed by atoms with Crippen molar-refractivity contribution >= 4 is 22.9 Å². The lowest BCUT2D eigenvalue weighted by molar-refractivity contribution is 0.203. The standard InChI is InChI=1S/C17H18ClN5S/c1-2-6-23-10-12(8-21-23)9-22-7-5-13-16(20-11-19-13)17(22)14-3-4-15(18)24-14/h2-4,8,10-11,17H,1,5-7,9H2,(H,19,20)/t17-/m1/s1. The molecule has 1 aliphatic rings. The highest BCUT2D eigenvalue weighted by Crippen LogP contribution is 2.38. The average molecular weight is 360 g/mol. The molecule has 124 valence electrons. The number of nitrogens with one attached hydrogen (secondary N) is 1. The molecule has 0 amide bonds. The number of rotatable bonds is 5. The van der Waals surface area contributed by atoms with Crippen molar-refractivity contribution in [2.45, 2.75) is 25.6 Å². The third kappa shape index (κ3) is 2.92. The first-order valence-corrected chi connectivity index (χ1v) is 9.07. The highest BCUT2D eigenvalue weighted by molar-refractivity contribution is 7.16. The van der Waals surface area contributed by atoms with Gasteiger partial charge in [0.2, 0.25) is 0 Å². The first-order chi connectivity index (χ1) is 11.7. The van der Waals surface area contributed by atoms with E-state index in [0.29, 0.717) is 0 Å². The van der Waals surface area contributed by atoms with Gasteiger partial charge in [-0.1, -0.05) is 17.7 Å². The first kappa shape index (κ1) is 15.6. The van der Waals surface area contributed by atoms with Crippen LogP contribution in [0.25, 0.3) is 0 Å². The first-order valence-electron chi connectivity index (χ1n) is 7.88. The Balaban J connectivity index is 1.64. The number of nitrogens with zero attached hydrogens (tertiary/aromatic N) is 4. The van der Waals surface area contributed by atoms with Crippen LogP contribution < -0.4 is 0 Å². The van der Waals surface area contributed by atoms with Crippen molar-refractivity contribution in [2.75, 3.05) is 6.54 Å². The molecule has 3 aromatic rings. The molecule has 5 nitrogen and oxygen atoms in total. The predicted octanol–water partition coefficient (Wildman–Crippen LogP) is 3.65. The number of aromatic nitrogens is 4. The molecule has 3 aromatic heterocycles. The zero-order valence-electron chi connectivity index (χ0n) is 13.2. The van der Waals surface area contributed by atoms with Gasteiger partial charge in [-0.25, -0.2) is 4.98 Å². The van der Waals surface area contributed by atoms with Crippen molar-refractivity contribution in [3.8, 4) is 0 Å². The molecule has 24 heavy (non-hydrogen) atoms. The summed E-state index contributed by atoms with van der Waals surface area (Å²) in [6, 6.07) is 4.21. The summed E-state index contributed by atoms with van der Waals surface area (Å²) >= 11 is 7.80. The van der Waals surface area contributed by atoms with Gasteiger partial charge < -0.3 is 4.98 Å².